The number of halogens is 4. The van der Waals surface area contributed by atoms with Crippen molar-refractivity contribution in [3.05, 3.63) is 70.5 Å². The molecule has 2 fully saturated rings. The lowest BCUT2D eigenvalue weighted by atomic mass is 9.83. The lowest BCUT2D eigenvalue weighted by molar-refractivity contribution is -0.142. The van der Waals surface area contributed by atoms with Crippen molar-refractivity contribution in [3.63, 3.8) is 0 Å². The summed E-state index contributed by atoms with van der Waals surface area (Å²) in [5.74, 6) is -3.73. The van der Waals surface area contributed by atoms with Gasteiger partial charge in [-0.3, -0.25) is 30.3 Å². The maximum Gasteiger partial charge on any atom is 0.412 e. The van der Waals surface area contributed by atoms with Crippen LogP contribution in [0.25, 0.3) is 0 Å². The highest BCUT2D eigenvalue weighted by Gasteiger charge is 2.64. The Labute approximate surface area is 504 Å². The highest BCUT2D eigenvalue weighted by atomic mass is 79.9. The number of carbonyl (C=O) groups is 8. The molecule has 0 saturated carbocycles. The molecule has 0 radical (unpaired) electrons. The highest BCUT2D eigenvalue weighted by molar-refractivity contribution is 9.10. The van der Waals surface area contributed by atoms with Crippen LogP contribution >= 0.6 is 43.5 Å². The minimum absolute atomic E-state index is 0.0113. The number of anilines is 3. The third-order valence-electron chi connectivity index (χ3n) is 14.7. The number of allylic oxidation sites excluding steroid dienone is 3. The van der Waals surface area contributed by atoms with Crippen LogP contribution in [0.5, 0.6) is 5.75 Å². The third kappa shape index (κ3) is 18.4. The number of carbonyl (C=O) groups excluding carboxylic acids is 8. The maximum absolute atomic E-state index is 16.1. The Kier molecular flexibility index (Phi) is 25.3. The first-order valence-electron chi connectivity index (χ1n) is 27.0. The number of benzene rings is 2. The summed E-state index contributed by atoms with van der Waals surface area (Å²) >= 11 is 13.4. The van der Waals surface area contributed by atoms with E-state index in [2.05, 4.69) is 63.8 Å². The summed E-state index contributed by atoms with van der Waals surface area (Å²) in [6.07, 6.45) is 1.45. The number of fused-ring (bicyclic) bond motifs is 5. The van der Waals surface area contributed by atoms with Crippen LogP contribution in [0.3, 0.4) is 0 Å². The standard InChI is InChI=1S/C56H76Br2ClFN8O15/c1-31(2)47(63-36(27-69)14-9-10-20-80-55(28-57,29-58)30-70)50(73)65-39(15-12-19-62-51(61)74)49(72)64-35-17-18-38(37(60)24-35)66-52(75)82-44-25-45(71)68(6)40-22-34(23-41(78-7)46(40)59)21-32(3)13-11-16-43(79-8)56(77)26-42(81-53(76)67-56)33(4)48-54(44,5)83-48/h11,13,16-18,22-24,27,30-31,33,36,39,42-44,47-48,63,77H,9-10,12,14-15,19-21,25-26,28-29H2,1-8H3,(H,64,72)(H,65,73)(H,66,75)(H,67,76)(H3,61,62,74)/b16-11+,32-13+/t33-,36?,39+,42+,43-,44+,47+,48+,54+,56+/m1/s1. The number of alkyl carbamates (subject to hydrolysis) is 1. The van der Waals surface area contributed by atoms with Crippen LogP contribution in [-0.2, 0) is 54.1 Å². The Morgan fingerprint density at radius 2 is 1.78 bits per heavy atom. The molecule has 23 nitrogen and oxygen atoms in total. The highest BCUT2D eigenvalue weighted by Crippen LogP contribution is 2.49. The zero-order chi connectivity index (χ0) is 61.4. The van der Waals surface area contributed by atoms with Gasteiger partial charge in [0.05, 0.1) is 43.1 Å². The van der Waals surface area contributed by atoms with Gasteiger partial charge in [-0.2, -0.15) is 0 Å². The van der Waals surface area contributed by atoms with E-state index in [0.717, 1.165) is 29.6 Å². The molecular formula is C56H76Br2ClFN8O15. The molecule has 9 N–H and O–H groups in total. The second kappa shape index (κ2) is 30.9. The predicted molar refractivity (Wildman–Crippen MR) is 314 cm³/mol. The van der Waals surface area contributed by atoms with E-state index in [1.165, 1.54) is 32.2 Å². The van der Waals surface area contributed by atoms with Crippen LogP contribution < -0.4 is 47.3 Å². The summed E-state index contributed by atoms with van der Waals surface area (Å²) in [5.41, 5.74) is 2.26. The van der Waals surface area contributed by atoms with Crippen LogP contribution in [0.2, 0.25) is 5.02 Å². The van der Waals surface area contributed by atoms with Gasteiger partial charge in [-0.1, -0.05) is 88.0 Å². The smallest absolute Gasteiger partial charge is 0.412 e. The van der Waals surface area contributed by atoms with Gasteiger partial charge in [0.25, 0.3) is 0 Å². The number of hydrogen-bond donors (Lipinski definition) is 8. The Morgan fingerprint density at radius 3 is 2.41 bits per heavy atom. The molecule has 27 heteroatoms. The number of hydrogen-bond acceptors (Lipinski definition) is 16. The number of primary amides is 1. The minimum atomic E-state index is -1.93. The van der Waals surface area contributed by atoms with Gasteiger partial charge in [0.1, 0.15) is 58.4 Å². The first-order chi connectivity index (χ1) is 39.3. The van der Waals surface area contributed by atoms with Crippen molar-refractivity contribution in [1.29, 1.82) is 0 Å². The van der Waals surface area contributed by atoms with Crippen molar-refractivity contribution in [3.8, 4) is 5.75 Å². The van der Waals surface area contributed by atoms with Gasteiger partial charge in [0.15, 0.2) is 12.0 Å². The Morgan fingerprint density at radius 1 is 1.06 bits per heavy atom. The van der Waals surface area contributed by atoms with E-state index in [1.807, 2.05) is 13.0 Å². The van der Waals surface area contributed by atoms with E-state index in [-0.39, 0.29) is 66.2 Å². The van der Waals surface area contributed by atoms with E-state index in [0.29, 0.717) is 42.6 Å². The monoisotopic (exact) mass is 1310 g/mol. The van der Waals surface area contributed by atoms with Crippen molar-refractivity contribution in [2.24, 2.45) is 17.6 Å². The zero-order valence-electron chi connectivity index (χ0n) is 47.7. The molecule has 1 unspecified atom stereocenters. The number of methoxy groups -OCH3 is 2. The van der Waals surface area contributed by atoms with Crippen molar-refractivity contribution < 1.29 is 76.3 Å². The number of ether oxygens (including phenoxy) is 6. The fourth-order valence-corrected chi connectivity index (χ4v) is 11.6. The number of urea groups is 1. The zero-order valence-corrected chi connectivity index (χ0v) is 51.6. The predicted octanol–water partition coefficient (Wildman–Crippen LogP) is 6.48. The number of alkyl halides is 2. The fraction of sp³-hybridized carbons (Fsp3) is 0.571. The summed E-state index contributed by atoms with van der Waals surface area (Å²) in [6.45, 7) is 9.01. The first kappa shape index (κ1) is 68.0. The summed E-state index contributed by atoms with van der Waals surface area (Å²) in [5, 5.41) is 28.3. The second-order valence-electron chi connectivity index (χ2n) is 21.4. The molecular weight excluding hydrogens is 1240 g/mol. The van der Waals surface area contributed by atoms with Crippen LogP contribution in [0.4, 0.5) is 35.8 Å². The molecule has 0 aromatic heterocycles. The Bertz CT molecular complexity index is 2720. The SMILES string of the molecule is COc1cc2cc(c1Cl)N(C)C(=O)C[C@H](OC(=O)Nc1ccc(NC(=O)[C@H](CCCNC(N)=O)NC(=O)[C@@H](NC(C=O)CCCCOC(C=O)(CBr)CBr)C(C)C)cc1F)[C@]1(C)O[C@H]1[C@H](C)[C@@H]1C[C@@](O)(NC(=O)O1)[C@H](OC)/C=C/C=C(\C)C2. The average Bonchev–Trinajstić information content (AvgIpc) is 1.91. The Hall–Kier alpha value is -5.74. The number of rotatable bonds is 25. The summed E-state index contributed by atoms with van der Waals surface area (Å²) in [7, 11) is 4.31. The number of amides is 7. The van der Waals surface area contributed by atoms with Crippen molar-refractivity contribution >= 4 is 109 Å². The van der Waals surface area contributed by atoms with Gasteiger partial charge >= 0.3 is 18.2 Å². The Balaban J connectivity index is 1.34. The van der Waals surface area contributed by atoms with Gasteiger partial charge in [-0.15, -0.1) is 0 Å². The summed E-state index contributed by atoms with van der Waals surface area (Å²) < 4.78 is 51.0. The topological polar surface area (TPSA) is 317 Å². The van der Waals surface area contributed by atoms with Gasteiger partial charge in [0.2, 0.25) is 17.7 Å². The van der Waals surface area contributed by atoms with Crippen LogP contribution in [-0.4, -0.2) is 158 Å². The lowest BCUT2D eigenvalue weighted by Crippen LogP contribution is -2.63. The van der Waals surface area contributed by atoms with E-state index in [1.54, 1.807) is 52.0 Å². The maximum atomic E-state index is 16.1. The minimum Gasteiger partial charge on any atom is -0.495 e. The van der Waals surface area contributed by atoms with Crippen molar-refractivity contribution in [2.45, 2.75) is 145 Å². The van der Waals surface area contributed by atoms with E-state index >= 15 is 4.39 Å². The number of aldehydes is 2. The molecule has 2 aromatic rings. The average molecular weight is 1320 g/mol. The van der Waals surface area contributed by atoms with Gasteiger partial charge in [-0.05, 0) is 94.2 Å². The molecule has 83 heavy (non-hydrogen) atoms. The number of nitrogens with one attached hydrogen (secondary N) is 6. The van der Waals surface area contributed by atoms with Gasteiger partial charge < -0.3 is 69.7 Å². The van der Waals surface area contributed by atoms with E-state index < -0.39 is 114 Å². The number of unbranched alkanes of at least 4 members (excludes halogenated alkanes) is 1. The fourth-order valence-electron chi connectivity index (χ4n) is 9.79. The molecule has 3 heterocycles. The molecule has 0 spiro atoms. The number of nitrogens with zero attached hydrogens (tertiary/aromatic N) is 1. The molecule has 2 saturated heterocycles. The molecule has 0 aliphatic carbocycles. The molecule has 458 valence electrons. The van der Waals surface area contributed by atoms with Gasteiger partial charge in [-0.25, -0.2) is 18.8 Å². The molecule has 2 aromatic carbocycles. The first-order valence-corrected chi connectivity index (χ1v) is 29.7. The lowest BCUT2D eigenvalue weighted by Gasteiger charge is -2.42. The molecule has 3 aliphatic heterocycles. The van der Waals surface area contributed by atoms with Crippen LogP contribution in [0.1, 0.15) is 85.1 Å². The summed E-state index contributed by atoms with van der Waals surface area (Å²) in [6, 6.07) is 3.07. The molecule has 4 bridgehead atoms. The normalized spacial score (nSPS) is 24.9. The molecule has 10 atom stereocenters. The van der Waals surface area contributed by atoms with Crippen molar-refractivity contribution in [2.75, 3.05) is 60.6 Å². The third-order valence-corrected chi connectivity index (χ3v) is 17.0. The largest absolute Gasteiger partial charge is 0.495 e. The van der Waals surface area contributed by atoms with Crippen LogP contribution in [0, 0.1) is 17.7 Å². The second-order valence-corrected chi connectivity index (χ2v) is 22.9. The molecule has 7 amide bonds. The van der Waals surface area contributed by atoms with E-state index in [9.17, 15) is 43.5 Å². The number of nitrogens with two attached hydrogens (primary N) is 1. The number of epoxide rings is 1. The van der Waals surface area contributed by atoms with Gasteiger partial charge in [0, 0.05) is 56.0 Å². The number of aliphatic hydroxyl groups is 1. The molecule has 5 rings (SSSR count). The summed E-state index contributed by atoms with van der Waals surface area (Å²) in [4.78, 5) is 106. The quantitative estimate of drug-likeness (QED) is 0.0228. The molecule has 3 aliphatic rings. The van der Waals surface area contributed by atoms with Crippen molar-refractivity contribution in [1.82, 2.24) is 21.3 Å². The van der Waals surface area contributed by atoms with E-state index in [4.69, 9.17) is 45.8 Å². The van der Waals surface area contributed by atoms with Crippen LogP contribution in [0.15, 0.2) is 54.1 Å².